The van der Waals surface area contributed by atoms with Crippen molar-refractivity contribution in [1.82, 2.24) is 20.4 Å². The summed E-state index contributed by atoms with van der Waals surface area (Å²) in [5, 5.41) is 6.10. The fourth-order valence-corrected chi connectivity index (χ4v) is 3.46. The van der Waals surface area contributed by atoms with Gasteiger partial charge in [-0.3, -0.25) is 0 Å². The SMILES string of the molecule is C#CCOCCOCCOCCOC1CCN(C(=O)N(CCOCCNC)CCOCCNC)CC1. The molecule has 0 aromatic heterocycles. The molecule has 11 heteroatoms. The normalized spacial score (nSPS) is 14.2. The fourth-order valence-electron chi connectivity index (χ4n) is 3.46. The Morgan fingerprint density at radius 3 is 1.83 bits per heavy atom. The number of piperidine rings is 1. The Labute approximate surface area is 217 Å². The van der Waals surface area contributed by atoms with E-state index in [0.717, 1.165) is 25.9 Å². The number of terminal acetylenes is 1. The molecule has 0 aromatic carbocycles. The molecule has 0 spiro atoms. The van der Waals surface area contributed by atoms with Crippen molar-refractivity contribution < 1.29 is 33.2 Å². The first-order valence-corrected chi connectivity index (χ1v) is 13.0. The fraction of sp³-hybridized carbons (Fsp3) is 0.880. The van der Waals surface area contributed by atoms with Crippen molar-refractivity contribution in [2.45, 2.75) is 18.9 Å². The standard InChI is InChI=1S/C25H48N4O7/c1-4-13-31-18-19-34-20-21-35-22-23-36-24-5-9-28(10-6-24)25(30)29(11-16-32-14-7-26-2)12-17-33-15-8-27-3/h1,24,26-27H,5-23H2,2-3H3. The van der Waals surface area contributed by atoms with Gasteiger partial charge in [0.05, 0.1) is 72.2 Å². The molecule has 0 bridgehead atoms. The molecular weight excluding hydrogens is 468 g/mol. The second-order valence-electron chi connectivity index (χ2n) is 8.24. The van der Waals surface area contributed by atoms with Crippen LogP contribution in [-0.2, 0) is 28.4 Å². The number of nitrogens with zero attached hydrogens (tertiary/aromatic N) is 2. The van der Waals surface area contributed by atoms with Crippen LogP contribution in [0.4, 0.5) is 4.79 Å². The number of urea groups is 1. The Bertz CT molecular complexity index is 543. The predicted molar refractivity (Wildman–Crippen MR) is 138 cm³/mol. The van der Waals surface area contributed by atoms with Gasteiger partial charge in [-0.25, -0.2) is 4.79 Å². The van der Waals surface area contributed by atoms with Crippen LogP contribution in [0.3, 0.4) is 0 Å². The molecule has 11 nitrogen and oxygen atoms in total. The van der Waals surface area contributed by atoms with Gasteiger partial charge in [-0.2, -0.15) is 0 Å². The quantitative estimate of drug-likeness (QED) is 0.144. The summed E-state index contributed by atoms with van der Waals surface area (Å²) in [6.45, 7) is 9.67. The van der Waals surface area contributed by atoms with Crippen molar-refractivity contribution in [2.75, 3.05) is 126 Å². The molecule has 1 aliphatic rings. The molecule has 1 saturated heterocycles. The van der Waals surface area contributed by atoms with Crippen molar-refractivity contribution in [3.63, 3.8) is 0 Å². The second kappa shape index (κ2) is 23.9. The molecule has 1 aliphatic heterocycles. The number of carbonyl (C=O) groups is 1. The molecule has 1 rings (SSSR count). The second-order valence-corrected chi connectivity index (χ2v) is 8.24. The van der Waals surface area contributed by atoms with Gasteiger partial charge >= 0.3 is 6.03 Å². The summed E-state index contributed by atoms with van der Waals surface area (Å²) in [6.07, 6.45) is 6.88. The van der Waals surface area contributed by atoms with Crippen LogP contribution in [0.15, 0.2) is 0 Å². The van der Waals surface area contributed by atoms with Gasteiger partial charge in [-0.05, 0) is 26.9 Å². The molecule has 2 N–H and O–H groups in total. The van der Waals surface area contributed by atoms with E-state index in [1.165, 1.54) is 0 Å². The lowest BCUT2D eigenvalue weighted by atomic mass is 10.1. The highest BCUT2D eigenvalue weighted by atomic mass is 16.6. The van der Waals surface area contributed by atoms with E-state index in [0.29, 0.717) is 98.9 Å². The molecule has 0 atom stereocenters. The highest BCUT2D eigenvalue weighted by Crippen LogP contribution is 2.15. The summed E-state index contributed by atoms with van der Waals surface area (Å²) in [5.41, 5.74) is 0. The summed E-state index contributed by atoms with van der Waals surface area (Å²) < 4.78 is 33.3. The van der Waals surface area contributed by atoms with Crippen molar-refractivity contribution in [3.8, 4) is 12.3 Å². The molecule has 0 radical (unpaired) electrons. The van der Waals surface area contributed by atoms with E-state index in [1.54, 1.807) is 0 Å². The first kappa shape index (κ1) is 32.5. The topological polar surface area (TPSA) is 103 Å². The van der Waals surface area contributed by atoms with Gasteiger partial charge in [-0.1, -0.05) is 5.92 Å². The number of rotatable bonds is 23. The molecule has 0 aromatic rings. The van der Waals surface area contributed by atoms with Crippen molar-refractivity contribution in [2.24, 2.45) is 0 Å². The number of carbonyl (C=O) groups excluding carboxylic acids is 1. The lowest BCUT2D eigenvalue weighted by molar-refractivity contribution is -0.0320. The van der Waals surface area contributed by atoms with E-state index in [4.69, 9.17) is 34.8 Å². The Morgan fingerprint density at radius 1 is 0.806 bits per heavy atom. The summed E-state index contributed by atoms with van der Waals surface area (Å²) in [4.78, 5) is 16.9. The van der Waals surface area contributed by atoms with Gasteiger partial charge < -0.3 is 48.9 Å². The number of amides is 2. The molecular formula is C25H48N4O7. The summed E-state index contributed by atoms with van der Waals surface area (Å²) in [5.74, 6) is 2.41. The molecule has 0 saturated carbocycles. The van der Waals surface area contributed by atoms with Crippen LogP contribution < -0.4 is 10.6 Å². The van der Waals surface area contributed by atoms with Crippen LogP contribution in [0.2, 0.25) is 0 Å². The third-order valence-electron chi connectivity index (χ3n) is 5.50. The summed E-state index contributed by atoms with van der Waals surface area (Å²) in [7, 11) is 3.78. The maximum absolute atomic E-state index is 13.1. The van der Waals surface area contributed by atoms with Crippen molar-refractivity contribution in [3.05, 3.63) is 0 Å². The van der Waals surface area contributed by atoms with E-state index in [2.05, 4.69) is 16.6 Å². The minimum atomic E-state index is 0.0379. The van der Waals surface area contributed by atoms with Crippen LogP contribution in [0.25, 0.3) is 0 Å². The van der Waals surface area contributed by atoms with E-state index < -0.39 is 0 Å². The molecule has 36 heavy (non-hydrogen) atoms. The first-order valence-electron chi connectivity index (χ1n) is 13.0. The van der Waals surface area contributed by atoms with Crippen molar-refractivity contribution >= 4 is 6.03 Å². The van der Waals surface area contributed by atoms with Gasteiger partial charge in [-0.15, -0.1) is 6.42 Å². The summed E-state index contributed by atoms with van der Waals surface area (Å²) in [6, 6.07) is 0.0379. The number of nitrogens with one attached hydrogen (secondary N) is 2. The molecule has 0 aliphatic carbocycles. The van der Waals surface area contributed by atoms with Gasteiger partial charge in [0.15, 0.2) is 0 Å². The van der Waals surface area contributed by atoms with Crippen LogP contribution in [0.1, 0.15) is 12.8 Å². The Kier molecular flexibility index (Phi) is 21.6. The maximum atomic E-state index is 13.1. The van der Waals surface area contributed by atoms with E-state index in [9.17, 15) is 4.79 Å². The number of likely N-dealkylation sites (tertiary alicyclic amines) is 1. The van der Waals surface area contributed by atoms with Gasteiger partial charge in [0.1, 0.15) is 6.61 Å². The molecule has 1 heterocycles. The Hall–Kier alpha value is -1.49. The number of likely N-dealkylation sites (N-methyl/N-ethyl adjacent to an activating group) is 2. The third kappa shape index (κ3) is 17.1. The van der Waals surface area contributed by atoms with Crippen LogP contribution in [-0.4, -0.2) is 148 Å². The smallest absolute Gasteiger partial charge is 0.320 e. The van der Waals surface area contributed by atoms with E-state index in [-0.39, 0.29) is 12.1 Å². The first-order chi connectivity index (χ1) is 17.7. The van der Waals surface area contributed by atoms with Crippen molar-refractivity contribution in [1.29, 1.82) is 0 Å². The minimum Gasteiger partial charge on any atom is -0.378 e. The van der Waals surface area contributed by atoms with Crippen LogP contribution in [0.5, 0.6) is 0 Å². The average molecular weight is 517 g/mol. The zero-order chi connectivity index (χ0) is 26.1. The monoisotopic (exact) mass is 516 g/mol. The van der Waals surface area contributed by atoms with E-state index >= 15 is 0 Å². The van der Waals surface area contributed by atoms with Crippen LogP contribution >= 0.6 is 0 Å². The molecule has 210 valence electrons. The highest BCUT2D eigenvalue weighted by Gasteiger charge is 2.26. The zero-order valence-electron chi connectivity index (χ0n) is 22.3. The minimum absolute atomic E-state index is 0.0379. The van der Waals surface area contributed by atoms with E-state index in [1.807, 2.05) is 23.9 Å². The lowest BCUT2D eigenvalue weighted by Gasteiger charge is -2.35. The lowest BCUT2D eigenvalue weighted by Crippen LogP contribution is -2.49. The number of hydrogen-bond donors (Lipinski definition) is 2. The number of ether oxygens (including phenoxy) is 6. The Balaban J connectivity index is 2.20. The highest BCUT2D eigenvalue weighted by molar-refractivity contribution is 5.74. The largest absolute Gasteiger partial charge is 0.378 e. The Morgan fingerprint density at radius 2 is 1.31 bits per heavy atom. The molecule has 2 amide bonds. The maximum Gasteiger partial charge on any atom is 0.320 e. The third-order valence-corrected chi connectivity index (χ3v) is 5.50. The number of hydrogen-bond acceptors (Lipinski definition) is 9. The van der Waals surface area contributed by atoms with Crippen LogP contribution in [0, 0.1) is 12.3 Å². The molecule has 0 unspecified atom stereocenters. The predicted octanol–water partition coefficient (Wildman–Crippen LogP) is 0.0444. The molecule has 1 fully saturated rings. The average Bonchev–Trinajstić information content (AvgIpc) is 2.90. The van der Waals surface area contributed by atoms with Gasteiger partial charge in [0.25, 0.3) is 0 Å². The van der Waals surface area contributed by atoms with Gasteiger partial charge in [0.2, 0.25) is 0 Å². The zero-order valence-corrected chi connectivity index (χ0v) is 22.3. The van der Waals surface area contributed by atoms with Gasteiger partial charge in [0, 0.05) is 39.3 Å². The summed E-state index contributed by atoms with van der Waals surface area (Å²) >= 11 is 0.